The van der Waals surface area contributed by atoms with E-state index in [4.69, 9.17) is 5.73 Å². The van der Waals surface area contributed by atoms with Gasteiger partial charge in [-0.15, -0.1) is 0 Å². The average molecular weight is 401 g/mol. The van der Waals surface area contributed by atoms with Gasteiger partial charge < -0.3 is 10.6 Å². The molecule has 0 saturated heterocycles. The Morgan fingerprint density at radius 3 is 2.37 bits per heavy atom. The number of rotatable bonds is 5. The Labute approximate surface area is 158 Å². The van der Waals surface area contributed by atoms with Crippen molar-refractivity contribution in [2.24, 2.45) is 10.7 Å². The number of aliphatic imine (C=N–C) groups is 1. The zero-order valence-electron chi connectivity index (χ0n) is 16.1. The molecule has 0 radical (unpaired) electrons. The highest BCUT2D eigenvalue weighted by molar-refractivity contribution is 7.93. The topological polar surface area (TPSA) is 92.8 Å². The van der Waals surface area contributed by atoms with Crippen LogP contribution in [0.1, 0.15) is 31.9 Å². The predicted molar refractivity (Wildman–Crippen MR) is 100 cm³/mol. The third-order valence-electron chi connectivity index (χ3n) is 4.79. The van der Waals surface area contributed by atoms with Crippen molar-refractivity contribution in [3.05, 3.63) is 34.9 Å². The Morgan fingerprint density at radius 2 is 1.85 bits per heavy atom. The monoisotopic (exact) mass is 401 g/mol. The van der Waals surface area contributed by atoms with Gasteiger partial charge in [0.1, 0.15) is 16.1 Å². The molecule has 9 heteroatoms. The number of ketones is 1. The average Bonchev–Trinajstić information content (AvgIpc) is 2.47. The van der Waals surface area contributed by atoms with Gasteiger partial charge in [0.2, 0.25) is 0 Å². The van der Waals surface area contributed by atoms with Gasteiger partial charge in [0.25, 0.3) is 0 Å². The Bertz CT molecular complexity index is 911. The molecule has 27 heavy (non-hydrogen) atoms. The van der Waals surface area contributed by atoms with Crippen molar-refractivity contribution in [1.29, 1.82) is 0 Å². The van der Waals surface area contributed by atoms with E-state index in [0.717, 1.165) is 6.07 Å². The first-order valence-corrected chi connectivity index (χ1v) is 10.1. The van der Waals surface area contributed by atoms with Crippen LogP contribution in [0.4, 0.5) is 8.78 Å². The number of halogens is 2. The number of nitrogens with two attached hydrogens (primary N) is 1. The van der Waals surface area contributed by atoms with E-state index in [9.17, 15) is 22.0 Å². The standard InChI is InChI=1S/C18H25F2N3O3S/c1-17(2)16(21)22-18(3,10-27(17,25)26)13-7-11(8-14(19)15(13)20)6-12(24)9-23(4)5/h7-8H,6,9-10H2,1-5H3,(H2,21,22)/t18-/m0/s1. The van der Waals surface area contributed by atoms with Crippen LogP contribution in [-0.2, 0) is 26.6 Å². The minimum atomic E-state index is -3.77. The molecule has 0 aliphatic carbocycles. The fourth-order valence-corrected chi connectivity index (χ4v) is 4.74. The van der Waals surface area contributed by atoms with Crippen LogP contribution < -0.4 is 5.73 Å². The molecule has 0 saturated carbocycles. The minimum absolute atomic E-state index is 0.101. The zero-order chi connectivity index (χ0) is 20.8. The van der Waals surface area contributed by atoms with E-state index < -0.39 is 37.5 Å². The third-order valence-corrected chi connectivity index (χ3v) is 7.50. The highest BCUT2D eigenvalue weighted by Crippen LogP contribution is 2.38. The largest absolute Gasteiger partial charge is 0.386 e. The quantitative estimate of drug-likeness (QED) is 0.806. The fourth-order valence-electron chi connectivity index (χ4n) is 3.06. The van der Waals surface area contributed by atoms with Crippen LogP contribution in [0.15, 0.2) is 17.1 Å². The maximum Gasteiger partial charge on any atom is 0.165 e. The number of nitrogens with zero attached hydrogens (tertiary/aromatic N) is 2. The Balaban J connectivity index is 2.55. The molecule has 0 bridgehead atoms. The summed E-state index contributed by atoms with van der Waals surface area (Å²) in [5, 5.41) is 0. The van der Waals surface area contributed by atoms with Gasteiger partial charge in [-0.05, 0) is 52.6 Å². The summed E-state index contributed by atoms with van der Waals surface area (Å²) in [6, 6.07) is 2.25. The summed E-state index contributed by atoms with van der Waals surface area (Å²) in [5.74, 6) is -3.20. The fraction of sp³-hybridized carbons (Fsp3) is 0.556. The summed E-state index contributed by atoms with van der Waals surface area (Å²) in [7, 11) is -0.318. The summed E-state index contributed by atoms with van der Waals surface area (Å²) in [4.78, 5) is 17.9. The smallest absolute Gasteiger partial charge is 0.165 e. The third kappa shape index (κ3) is 4.03. The van der Waals surface area contributed by atoms with Crippen molar-refractivity contribution < 1.29 is 22.0 Å². The summed E-state index contributed by atoms with van der Waals surface area (Å²) in [6.45, 7) is 4.40. The van der Waals surface area contributed by atoms with Gasteiger partial charge in [-0.2, -0.15) is 0 Å². The number of carbonyl (C=O) groups is 1. The van der Waals surface area contributed by atoms with Crippen LogP contribution in [0.3, 0.4) is 0 Å². The molecular weight excluding hydrogens is 376 g/mol. The lowest BCUT2D eigenvalue weighted by molar-refractivity contribution is -0.119. The van der Waals surface area contributed by atoms with Crippen LogP contribution in [0.25, 0.3) is 0 Å². The molecule has 1 atom stereocenters. The number of hydrogen-bond donors (Lipinski definition) is 1. The van der Waals surface area contributed by atoms with Gasteiger partial charge >= 0.3 is 0 Å². The molecule has 1 heterocycles. The van der Waals surface area contributed by atoms with Crippen molar-refractivity contribution in [2.75, 3.05) is 26.4 Å². The molecule has 0 fully saturated rings. The second kappa shape index (κ2) is 6.94. The van der Waals surface area contributed by atoms with E-state index >= 15 is 0 Å². The van der Waals surface area contributed by atoms with Gasteiger partial charge in [-0.25, -0.2) is 17.2 Å². The number of likely N-dealkylation sites (N-methyl/N-ethyl adjacent to an activating group) is 1. The molecular formula is C18H25F2N3O3S. The lowest BCUT2D eigenvalue weighted by Gasteiger charge is -2.38. The molecule has 2 rings (SSSR count). The van der Waals surface area contributed by atoms with Gasteiger partial charge in [0.15, 0.2) is 27.3 Å². The summed E-state index contributed by atoms with van der Waals surface area (Å²) >= 11 is 0. The summed E-state index contributed by atoms with van der Waals surface area (Å²) < 4.78 is 52.7. The van der Waals surface area contributed by atoms with Crippen LogP contribution in [0.5, 0.6) is 0 Å². The molecule has 1 aromatic carbocycles. The summed E-state index contributed by atoms with van der Waals surface area (Å²) in [6.07, 6.45) is -0.101. The first-order valence-electron chi connectivity index (χ1n) is 8.42. The molecule has 1 aliphatic rings. The molecule has 1 aliphatic heterocycles. The second-order valence-electron chi connectivity index (χ2n) is 7.93. The van der Waals surface area contributed by atoms with E-state index in [1.807, 2.05) is 0 Å². The van der Waals surface area contributed by atoms with E-state index in [2.05, 4.69) is 4.99 Å². The van der Waals surface area contributed by atoms with Gasteiger partial charge in [-0.3, -0.25) is 9.79 Å². The van der Waals surface area contributed by atoms with Gasteiger partial charge in [-0.1, -0.05) is 0 Å². The van der Waals surface area contributed by atoms with E-state index in [-0.39, 0.29) is 35.7 Å². The van der Waals surface area contributed by atoms with Crippen molar-refractivity contribution in [2.45, 2.75) is 37.5 Å². The Hall–Kier alpha value is -1.87. The van der Waals surface area contributed by atoms with Crippen molar-refractivity contribution in [3.63, 3.8) is 0 Å². The van der Waals surface area contributed by atoms with Gasteiger partial charge in [0, 0.05) is 12.0 Å². The lowest BCUT2D eigenvalue weighted by Crippen LogP contribution is -2.55. The minimum Gasteiger partial charge on any atom is -0.386 e. The first-order chi connectivity index (χ1) is 12.2. The molecule has 2 N–H and O–H groups in total. The van der Waals surface area contributed by atoms with Crippen LogP contribution in [-0.4, -0.2) is 56.1 Å². The highest BCUT2D eigenvalue weighted by Gasteiger charge is 2.49. The molecule has 0 aromatic heterocycles. The van der Waals surface area contributed by atoms with Crippen LogP contribution >= 0.6 is 0 Å². The number of benzene rings is 1. The van der Waals surface area contributed by atoms with Crippen molar-refractivity contribution in [1.82, 2.24) is 4.90 Å². The van der Waals surface area contributed by atoms with Crippen molar-refractivity contribution in [3.8, 4) is 0 Å². The number of Topliss-reactive ketones (excluding diaryl/α,β-unsaturated/α-hetero) is 1. The van der Waals surface area contributed by atoms with E-state index in [0.29, 0.717) is 0 Å². The van der Waals surface area contributed by atoms with E-state index in [1.54, 1.807) is 19.0 Å². The molecule has 0 unspecified atom stereocenters. The van der Waals surface area contributed by atoms with Crippen LogP contribution in [0, 0.1) is 11.6 Å². The SMILES string of the molecule is CN(C)CC(=O)Cc1cc(F)c(F)c([C@]2(C)CS(=O)(=O)C(C)(C)C(N)=N2)c1. The molecule has 1 aromatic rings. The molecule has 6 nitrogen and oxygen atoms in total. The normalized spacial score (nSPS) is 23.9. The molecule has 150 valence electrons. The Morgan fingerprint density at radius 1 is 1.26 bits per heavy atom. The highest BCUT2D eigenvalue weighted by atomic mass is 32.2. The number of amidine groups is 1. The zero-order valence-corrected chi connectivity index (χ0v) is 17.0. The maximum absolute atomic E-state index is 14.6. The number of carbonyl (C=O) groups excluding carboxylic acids is 1. The lowest BCUT2D eigenvalue weighted by atomic mass is 9.90. The maximum atomic E-state index is 14.6. The number of hydrogen-bond acceptors (Lipinski definition) is 6. The van der Waals surface area contributed by atoms with Gasteiger partial charge in [0.05, 0.1) is 12.3 Å². The first kappa shape index (κ1) is 21.4. The molecule has 0 amide bonds. The number of sulfone groups is 1. The van der Waals surface area contributed by atoms with E-state index in [1.165, 1.54) is 26.8 Å². The summed E-state index contributed by atoms with van der Waals surface area (Å²) in [5.41, 5.74) is 4.31. The van der Waals surface area contributed by atoms with Crippen molar-refractivity contribution >= 4 is 21.5 Å². The van der Waals surface area contributed by atoms with Crippen LogP contribution in [0.2, 0.25) is 0 Å². The Kier molecular flexibility index (Phi) is 5.51. The second-order valence-corrected chi connectivity index (χ2v) is 10.5. The molecule has 0 spiro atoms. The predicted octanol–water partition coefficient (Wildman–Crippen LogP) is 1.42.